The van der Waals surface area contributed by atoms with Crippen molar-refractivity contribution >= 4 is 23.7 Å². The number of aromatic nitrogens is 3. The van der Waals surface area contributed by atoms with Gasteiger partial charge in [-0.2, -0.15) is 0 Å². The van der Waals surface area contributed by atoms with Crippen molar-refractivity contribution in [3.05, 3.63) is 0 Å². The average molecular weight is 312 g/mol. The van der Waals surface area contributed by atoms with Crippen LogP contribution in [0.15, 0.2) is 5.16 Å². The van der Waals surface area contributed by atoms with Gasteiger partial charge in [-0.15, -0.1) is 10.2 Å². The Kier molecular flexibility index (Phi) is 5.50. The zero-order valence-corrected chi connectivity index (χ0v) is 13.8. The first-order valence-electron chi connectivity index (χ1n) is 7.53. The first-order chi connectivity index (χ1) is 10.0. The molecule has 0 saturated heterocycles. The molecule has 0 bridgehead atoms. The summed E-state index contributed by atoms with van der Waals surface area (Å²) in [5.41, 5.74) is 0. The van der Waals surface area contributed by atoms with E-state index in [1.165, 1.54) is 37.4 Å². The van der Waals surface area contributed by atoms with Gasteiger partial charge in [0.2, 0.25) is 5.95 Å². The summed E-state index contributed by atoms with van der Waals surface area (Å²) in [7, 11) is 2.07. The van der Waals surface area contributed by atoms with E-state index in [-0.39, 0.29) is 5.75 Å². The van der Waals surface area contributed by atoms with Crippen LogP contribution in [-0.2, 0) is 11.3 Å². The normalized spacial score (nSPS) is 22.2. The van der Waals surface area contributed by atoms with E-state index in [2.05, 4.69) is 29.1 Å². The maximum atomic E-state index is 10.7. The van der Waals surface area contributed by atoms with Crippen molar-refractivity contribution in [3.63, 3.8) is 0 Å². The molecule has 0 aliphatic heterocycles. The van der Waals surface area contributed by atoms with Gasteiger partial charge in [-0.25, -0.2) is 0 Å². The summed E-state index contributed by atoms with van der Waals surface area (Å²) >= 11 is 1.23. The summed E-state index contributed by atoms with van der Waals surface area (Å²) in [6.07, 6.45) is 4.89. The number of anilines is 1. The summed E-state index contributed by atoms with van der Waals surface area (Å²) in [4.78, 5) is 12.9. The number of nitrogens with zero attached hydrogens (tertiary/aromatic N) is 4. The third-order valence-electron chi connectivity index (χ3n) is 4.19. The van der Waals surface area contributed by atoms with Gasteiger partial charge in [-0.1, -0.05) is 18.7 Å². The molecule has 1 aromatic heterocycles. The number of carbonyl (C=O) groups is 1. The number of thioether (sulfide) groups is 1. The molecule has 0 amide bonds. The third-order valence-corrected chi connectivity index (χ3v) is 5.14. The Morgan fingerprint density at radius 3 is 2.62 bits per heavy atom. The van der Waals surface area contributed by atoms with E-state index in [1.807, 2.05) is 11.5 Å². The molecule has 1 N–H and O–H groups in total. The van der Waals surface area contributed by atoms with E-state index in [0.717, 1.165) is 18.4 Å². The fourth-order valence-corrected chi connectivity index (χ4v) is 3.56. The SMILES string of the molecule is CCn1c(SCC(=O)O)nnc1N(C)C1CCC(C)CC1. The van der Waals surface area contributed by atoms with Crippen molar-refractivity contribution in [1.82, 2.24) is 14.8 Å². The summed E-state index contributed by atoms with van der Waals surface area (Å²) in [5, 5.41) is 17.9. The highest BCUT2D eigenvalue weighted by atomic mass is 32.2. The lowest BCUT2D eigenvalue weighted by Crippen LogP contribution is -2.36. The molecule has 2 rings (SSSR count). The van der Waals surface area contributed by atoms with Crippen molar-refractivity contribution < 1.29 is 9.90 Å². The molecule has 1 aliphatic rings. The Balaban J connectivity index is 2.09. The number of hydrogen-bond acceptors (Lipinski definition) is 5. The average Bonchev–Trinajstić information content (AvgIpc) is 2.88. The van der Waals surface area contributed by atoms with Crippen LogP contribution in [0, 0.1) is 5.92 Å². The monoisotopic (exact) mass is 312 g/mol. The second-order valence-corrected chi connectivity index (χ2v) is 6.68. The minimum atomic E-state index is -0.832. The van der Waals surface area contributed by atoms with E-state index in [1.54, 1.807) is 0 Å². The van der Waals surface area contributed by atoms with Crippen LogP contribution in [0.25, 0.3) is 0 Å². The van der Waals surface area contributed by atoms with E-state index < -0.39 is 5.97 Å². The lowest BCUT2D eigenvalue weighted by molar-refractivity contribution is -0.133. The first kappa shape index (κ1) is 16.1. The fraction of sp³-hybridized carbons (Fsp3) is 0.786. The van der Waals surface area contributed by atoms with Gasteiger partial charge >= 0.3 is 5.97 Å². The molecule has 7 heteroatoms. The van der Waals surface area contributed by atoms with Gasteiger partial charge in [-0.05, 0) is 38.5 Å². The van der Waals surface area contributed by atoms with E-state index in [9.17, 15) is 4.79 Å². The van der Waals surface area contributed by atoms with Gasteiger partial charge in [0.05, 0.1) is 5.75 Å². The van der Waals surface area contributed by atoms with Gasteiger partial charge in [0, 0.05) is 19.6 Å². The predicted octanol–water partition coefficient (Wildman–Crippen LogP) is 2.49. The second-order valence-electron chi connectivity index (χ2n) is 5.73. The molecule has 1 aliphatic carbocycles. The van der Waals surface area contributed by atoms with Crippen molar-refractivity contribution in [3.8, 4) is 0 Å². The highest BCUT2D eigenvalue weighted by Crippen LogP contribution is 2.30. The molecule has 118 valence electrons. The molecule has 1 aromatic rings. The number of carboxylic acids is 1. The lowest BCUT2D eigenvalue weighted by atomic mass is 9.87. The van der Waals surface area contributed by atoms with Gasteiger partial charge in [0.25, 0.3) is 0 Å². The second kappa shape index (κ2) is 7.15. The van der Waals surface area contributed by atoms with E-state index >= 15 is 0 Å². The van der Waals surface area contributed by atoms with Crippen LogP contribution in [0.4, 0.5) is 5.95 Å². The first-order valence-corrected chi connectivity index (χ1v) is 8.52. The van der Waals surface area contributed by atoms with Crippen LogP contribution < -0.4 is 4.90 Å². The quantitative estimate of drug-likeness (QED) is 0.814. The molecule has 1 fully saturated rings. The predicted molar refractivity (Wildman–Crippen MR) is 83.9 cm³/mol. The summed E-state index contributed by atoms with van der Waals surface area (Å²) in [6.45, 7) is 5.09. The van der Waals surface area contributed by atoms with Crippen molar-refractivity contribution in [2.75, 3.05) is 17.7 Å². The maximum Gasteiger partial charge on any atom is 0.313 e. The Bertz CT molecular complexity index is 483. The topological polar surface area (TPSA) is 71.2 Å². The Morgan fingerprint density at radius 1 is 1.38 bits per heavy atom. The van der Waals surface area contributed by atoms with Crippen molar-refractivity contribution in [1.29, 1.82) is 0 Å². The largest absolute Gasteiger partial charge is 0.481 e. The van der Waals surface area contributed by atoms with E-state index in [4.69, 9.17) is 5.11 Å². The number of carboxylic acid groups (broad SMARTS) is 1. The summed E-state index contributed by atoms with van der Waals surface area (Å²) in [6, 6.07) is 0.507. The van der Waals surface area contributed by atoms with Crippen molar-refractivity contribution in [2.24, 2.45) is 5.92 Å². The van der Waals surface area contributed by atoms with Gasteiger partial charge in [0.15, 0.2) is 5.16 Å². The zero-order valence-electron chi connectivity index (χ0n) is 12.9. The molecular weight excluding hydrogens is 288 g/mol. The minimum Gasteiger partial charge on any atom is -0.481 e. The summed E-state index contributed by atoms with van der Waals surface area (Å²) < 4.78 is 2.01. The smallest absolute Gasteiger partial charge is 0.313 e. The Hall–Kier alpha value is -1.24. The van der Waals surface area contributed by atoms with Crippen LogP contribution in [0.1, 0.15) is 39.5 Å². The molecular formula is C14H24N4O2S. The highest BCUT2D eigenvalue weighted by molar-refractivity contribution is 7.99. The van der Waals surface area contributed by atoms with Gasteiger partial charge < -0.3 is 10.0 Å². The molecule has 0 atom stereocenters. The van der Waals surface area contributed by atoms with Crippen LogP contribution >= 0.6 is 11.8 Å². The van der Waals surface area contributed by atoms with Gasteiger partial charge in [0.1, 0.15) is 0 Å². The molecule has 6 nitrogen and oxygen atoms in total. The number of hydrogen-bond donors (Lipinski definition) is 1. The highest BCUT2D eigenvalue weighted by Gasteiger charge is 2.25. The van der Waals surface area contributed by atoms with Crippen LogP contribution in [0.3, 0.4) is 0 Å². The number of aliphatic carboxylic acids is 1. The molecule has 21 heavy (non-hydrogen) atoms. The molecule has 1 heterocycles. The van der Waals surface area contributed by atoms with Crippen LogP contribution in [0.5, 0.6) is 0 Å². The Labute approximate surface area is 129 Å². The number of rotatable bonds is 6. The maximum absolute atomic E-state index is 10.7. The van der Waals surface area contributed by atoms with Crippen molar-refractivity contribution in [2.45, 2.75) is 57.3 Å². The molecule has 0 spiro atoms. The molecule has 0 unspecified atom stereocenters. The van der Waals surface area contributed by atoms with Crippen LogP contribution in [-0.4, -0.2) is 44.7 Å². The summed E-state index contributed by atoms with van der Waals surface area (Å²) in [5.74, 6) is 0.857. The molecule has 1 saturated carbocycles. The lowest BCUT2D eigenvalue weighted by Gasteiger charge is -2.34. The van der Waals surface area contributed by atoms with Crippen LogP contribution in [0.2, 0.25) is 0 Å². The zero-order chi connectivity index (χ0) is 15.4. The molecule has 0 aromatic carbocycles. The third kappa shape index (κ3) is 3.90. The fourth-order valence-electron chi connectivity index (χ4n) is 2.84. The minimum absolute atomic E-state index is 0.0167. The van der Waals surface area contributed by atoms with Gasteiger partial charge in [-0.3, -0.25) is 9.36 Å². The Morgan fingerprint density at radius 2 is 2.05 bits per heavy atom. The molecule has 0 radical (unpaired) electrons. The standard InChI is InChI=1S/C14H24N4O2S/c1-4-18-13(15-16-14(18)21-9-12(19)20)17(3)11-7-5-10(2)6-8-11/h10-11H,4-9H2,1-3H3,(H,19,20). The van der Waals surface area contributed by atoms with E-state index in [0.29, 0.717) is 11.2 Å².